The van der Waals surface area contributed by atoms with Gasteiger partial charge in [-0.2, -0.15) is 0 Å². The third-order valence-electron chi connectivity index (χ3n) is 8.78. The first-order valence-corrected chi connectivity index (χ1v) is 15.0. The molecule has 0 heterocycles. The molecule has 0 spiro atoms. The number of nitrogens with zero attached hydrogens (tertiary/aromatic N) is 1. The summed E-state index contributed by atoms with van der Waals surface area (Å²) in [6.45, 7) is 11.1. The van der Waals surface area contributed by atoms with Crippen molar-refractivity contribution >= 4 is 17.1 Å². The van der Waals surface area contributed by atoms with Gasteiger partial charge in [0.15, 0.2) is 0 Å². The van der Waals surface area contributed by atoms with Gasteiger partial charge in [-0.15, -0.1) is 0 Å². The zero-order valence-corrected chi connectivity index (χ0v) is 26.8. The van der Waals surface area contributed by atoms with Crippen molar-refractivity contribution in [1.82, 2.24) is 0 Å². The number of aryl methyl sites for hydroxylation is 1. The van der Waals surface area contributed by atoms with E-state index in [4.69, 9.17) is 14.5 Å². The van der Waals surface area contributed by atoms with Crippen molar-refractivity contribution in [3.63, 3.8) is 0 Å². The van der Waals surface area contributed by atoms with E-state index < -0.39 is 0 Å². The van der Waals surface area contributed by atoms with Gasteiger partial charge in [0.05, 0.1) is 25.5 Å². The Balaban J connectivity index is 1.79. The summed E-state index contributed by atoms with van der Waals surface area (Å²) in [4.78, 5) is 4.91. The number of methoxy groups -OCH3 is 2. The minimum Gasteiger partial charge on any atom is -0.496 e. The van der Waals surface area contributed by atoms with E-state index in [2.05, 4.69) is 144 Å². The maximum atomic E-state index is 5.99. The highest BCUT2D eigenvalue weighted by Gasteiger charge is 2.28. The summed E-state index contributed by atoms with van der Waals surface area (Å²) >= 11 is 0. The summed E-state index contributed by atoms with van der Waals surface area (Å²) in [5.74, 6) is 4.97. The standard InChI is InChI=1S/C41H41NO2/c1-29-16-14-15-21-37(29)42-28-36(34-26-32(22-24-38(34)43-6)40(2,3)30-17-10-8-11-18-30)35-27-33(23-25-39(35)44-7)41(4,5)31-19-12-9-13-20-31/h8-27H,1-7H3. The number of para-hydroxylation sites is 1. The minimum absolute atomic E-state index is 0.248. The number of aliphatic imine (C=N–C) groups is 1. The topological polar surface area (TPSA) is 30.8 Å². The summed E-state index contributed by atoms with van der Waals surface area (Å²) < 4.78 is 12.0. The van der Waals surface area contributed by atoms with E-state index in [-0.39, 0.29) is 10.8 Å². The molecular formula is C41H41NO2. The molecule has 3 heteroatoms. The molecule has 0 fully saturated rings. The summed E-state index contributed by atoms with van der Waals surface area (Å²) in [7, 11) is 3.42. The number of hydrogen-bond acceptors (Lipinski definition) is 3. The molecule has 0 bridgehead atoms. The van der Waals surface area contributed by atoms with E-state index in [9.17, 15) is 0 Å². The van der Waals surface area contributed by atoms with Crippen LogP contribution in [0.2, 0.25) is 0 Å². The lowest BCUT2D eigenvalue weighted by atomic mass is 9.76. The van der Waals surface area contributed by atoms with Gasteiger partial charge in [-0.3, -0.25) is 0 Å². The Morgan fingerprint density at radius 2 is 0.977 bits per heavy atom. The summed E-state index contributed by atoms with van der Waals surface area (Å²) in [6, 6.07) is 42.1. The molecule has 0 aliphatic rings. The van der Waals surface area contributed by atoms with Crippen molar-refractivity contribution in [3.8, 4) is 11.5 Å². The molecule has 0 saturated carbocycles. The van der Waals surface area contributed by atoms with Crippen LogP contribution < -0.4 is 9.47 Å². The molecule has 5 aromatic rings. The normalized spacial score (nSPS) is 11.4. The Hall–Kier alpha value is -4.85. The lowest BCUT2D eigenvalue weighted by Crippen LogP contribution is -2.19. The first-order chi connectivity index (χ1) is 21.2. The summed E-state index contributed by atoms with van der Waals surface area (Å²) in [5, 5.41) is 0. The van der Waals surface area contributed by atoms with Crippen LogP contribution in [0.25, 0.3) is 5.57 Å². The van der Waals surface area contributed by atoms with Crippen molar-refractivity contribution < 1.29 is 9.47 Å². The second-order valence-corrected chi connectivity index (χ2v) is 12.2. The molecule has 0 saturated heterocycles. The van der Waals surface area contributed by atoms with E-state index in [1.54, 1.807) is 14.2 Å². The van der Waals surface area contributed by atoms with Gasteiger partial charge in [0.2, 0.25) is 0 Å². The van der Waals surface area contributed by atoms with Crippen LogP contribution >= 0.6 is 0 Å². The number of hydrogen-bond donors (Lipinski definition) is 0. The predicted molar refractivity (Wildman–Crippen MR) is 184 cm³/mol. The van der Waals surface area contributed by atoms with Gasteiger partial charge >= 0.3 is 0 Å². The fourth-order valence-corrected chi connectivity index (χ4v) is 5.70. The zero-order valence-electron chi connectivity index (χ0n) is 26.8. The SMILES string of the molecule is COc1ccc(C(C)(C)c2ccccc2)cc1C(=C=Nc1ccccc1C)c1cc(C(C)(C)c2ccccc2)ccc1OC. The first kappa shape index (κ1) is 30.6. The largest absolute Gasteiger partial charge is 0.496 e. The molecule has 0 atom stereocenters. The van der Waals surface area contributed by atoms with Crippen molar-refractivity contribution in [2.75, 3.05) is 14.2 Å². The van der Waals surface area contributed by atoms with Gasteiger partial charge in [-0.1, -0.05) is 119 Å². The molecule has 0 aliphatic heterocycles. The van der Waals surface area contributed by atoms with E-state index >= 15 is 0 Å². The van der Waals surface area contributed by atoms with Crippen LogP contribution in [0.1, 0.15) is 66.6 Å². The van der Waals surface area contributed by atoms with E-state index in [0.717, 1.165) is 50.6 Å². The summed E-state index contributed by atoms with van der Waals surface area (Å²) in [6.07, 6.45) is 0. The molecule has 0 radical (unpaired) electrons. The van der Waals surface area contributed by atoms with Gasteiger partial charge < -0.3 is 9.47 Å². The van der Waals surface area contributed by atoms with Crippen LogP contribution in [0.3, 0.4) is 0 Å². The molecule has 44 heavy (non-hydrogen) atoms. The lowest BCUT2D eigenvalue weighted by Gasteiger charge is -2.28. The molecular weight excluding hydrogens is 538 g/mol. The van der Waals surface area contributed by atoms with Crippen molar-refractivity contribution in [2.45, 2.75) is 45.4 Å². The average molecular weight is 580 g/mol. The Kier molecular flexibility index (Phi) is 8.90. The van der Waals surface area contributed by atoms with E-state index in [1.807, 2.05) is 18.2 Å². The number of rotatable bonds is 9. The van der Waals surface area contributed by atoms with Crippen LogP contribution in [-0.4, -0.2) is 20.1 Å². The Labute approximate surface area is 262 Å². The van der Waals surface area contributed by atoms with Crippen LogP contribution in [0.5, 0.6) is 11.5 Å². The molecule has 0 amide bonds. The third-order valence-corrected chi connectivity index (χ3v) is 8.78. The molecule has 5 aromatic carbocycles. The number of ether oxygens (including phenoxy) is 2. The summed E-state index contributed by atoms with van der Waals surface area (Å²) in [5.41, 5.74) is 8.85. The highest BCUT2D eigenvalue weighted by atomic mass is 16.5. The van der Waals surface area contributed by atoms with Crippen LogP contribution in [0.4, 0.5) is 5.69 Å². The smallest absolute Gasteiger partial charge is 0.127 e. The monoisotopic (exact) mass is 579 g/mol. The lowest BCUT2D eigenvalue weighted by molar-refractivity contribution is 0.411. The predicted octanol–water partition coefficient (Wildman–Crippen LogP) is 10.1. The molecule has 222 valence electrons. The highest BCUT2D eigenvalue weighted by Crippen LogP contribution is 2.41. The Morgan fingerprint density at radius 3 is 1.41 bits per heavy atom. The quantitative estimate of drug-likeness (QED) is 0.163. The van der Waals surface area contributed by atoms with Crippen LogP contribution in [0.15, 0.2) is 126 Å². The van der Waals surface area contributed by atoms with E-state index in [0.29, 0.717) is 0 Å². The fourth-order valence-electron chi connectivity index (χ4n) is 5.70. The van der Waals surface area contributed by atoms with Crippen molar-refractivity contribution in [3.05, 3.63) is 160 Å². The molecule has 0 aromatic heterocycles. The Bertz CT molecular complexity index is 1710. The molecule has 0 N–H and O–H groups in total. The van der Waals surface area contributed by atoms with Crippen LogP contribution in [-0.2, 0) is 10.8 Å². The highest BCUT2D eigenvalue weighted by molar-refractivity contribution is 6.02. The molecule has 0 aliphatic carbocycles. The van der Waals surface area contributed by atoms with E-state index in [1.165, 1.54) is 11.1 Å². The number of benzene rings is 5. The first-order valence-electron chi connectivity index (χ1n) is 15.0. The molecule has 3 nitrogen and oxygen atoms in total. The van der Waals surface area contributed by atoms with Crippen molar-refractivity contribution in [1.29, 1.82) is 0 Å². The van der Waals surface area contributed by atoms with Gasteiger partial charge in [0, 0.05) is 22.0 Å². The fraction of sp³-hybridized carbons (Fsp3) is 0.220. The second kappa shape index (κ2) is 12.8. The zero-order chi connectivity index (χ0) is 31.3. The molecule has 5 rings (SSSR count). The average Bonchev–Trinajstić information content (AvgIpc) is 3.06. The van der Waals surface area contributed by atoms with Gasteiger partial charge in [-0.25, -0.2) is 4.99 Å². The van der Waals surface area contributed by atoms with Crippen LogP contribution in [0, 0.1) is 6.92 Å². The van der Waals surface area contributed by atoms with Crippen molar-refractivity contribution in [2.24, 2.45) is 4.99 Å². The maximum Gasteiger partial charge on any atom is 0.127 e. The Morgan fingerprint density at radius 1 is 0.545 bits per heavy atom. The maximum absolute atomic E-state index is 5.99. The van der Waals surface area contributed by atoms with Gasteiger partial charge in [0.25, 0.3) is 0 Å². The van der Waals surface area contributed by atoms with Gasteiger partial charge in [0.1, 0.15) is 11.5 Å². The molecule has 0 unspecified atom stereocenters. The minimum atomic E-state index is -0.248. The van der Waals surface area contributed by atoms with Gasteiger partial charge in [-0.05, 0) is 70.9 Å². The third kappa shape index (κ3) is 6.11. The second-order valence-electron chi connectivity index (χ2n) is 12.2.